The second kappa shape index (κ2) is 5.11. The van der Waals surface area contributed by atoms with Gasteiger partial charge in [0.05, 0.1) is 4.90 Å². The second-order valence-corrected chi connectivity index (χ2v) is 7.68. The van der Waals surface area contributed by atoms with Crippen LogP contribution in [0.5, 0.6) is 0 Å². The minimum atomic E-state index is -3.41. The maximum Gasteiger partial charge on any atom is 0.243 e. The Balaban J connectivity index is 2.35. The van der Waals surface area contributed by atoms with Gasteiger partial charge in [-0.1, -0.05) is 0 Å². The number of nitrogens with zero attached hydrogens (tertiary/aromatic N) is 1. The van der Waals surface area contributed by atoms with Gasteiger partial charge in [0.25, 0.3) is 0 Å². The van der Waals surface area contributed by atoms with Crippen molar-refractivity contribution in [3.8, 4) is 0 Å². The molecule has 0 aromatic heterocycles. The maximum atomic E-state index is 12.5. The number of benzene rings is 1. The van der Waals surface area contributed by atoms with Gasteiger partial charge in [-0.25, -0.2) is 8.42 Å². The highest BCUT2D eigenvalue weighted by Gasteiger charge is 2.31. The first-order valence-corrected chi connectivity index (χ1v) is 8.44. The van der Waals surface area contributed by atoms with E-state index >= 15 is 0 Å². The quantitative estimate of drug-likeness (QED) is 0.859. The van der Waals surface area contributed by atoms with E-state index in [2.05, 4.69) is 0 Å². The summed E-state index contributed by atoms with van der Waals surface area (Å²) in [7, 11) is -1.74. The van der Waals surface area contributed by atoms with Crippen LogP contribution in [-0.2, 0) is 10.0 Å². The van der Waals surface area contributed by atoms with Crippen LogP contribution in [0.15, 0.2) is 23.1 Å². The molecule has 1 unspecified atom stereocenters. The Hall–Kier alpha value is -0.720. The van der Waals surface area contributed by atoms with Crippen molar-refractivity contribution < 1.29 is 8.42 Å². The Kier molecular flexibility index (Phi) is 3.89. The molecule has 0 amide bonds. The summed E-state index contributed by atoms with van der Waals surface area (Å²) < 4.78 is 26.6. The number of hydrogen-bond donors (Lipinski definition) is 1. The number of hydrogen-bond acceptors (Lipinski definition) is 4. The molecule has 1 fully saturated rings. The number of nitrogen functional groups attached to an aromatic ring is 1. The third kappa shape index (κ3) is 2.50. The molecule has 2 rings (SSSR count). The van der Waals surface area contributed by atoms with Crippen molar-refractivity contribution in [2.45, 2.75) is 24.3 Å². The van der Waals surface area contributed by atoms with Gasteiger partial charge in [0.15, 0.2) is 0 Å². The van der Waals surface area contributed by atoms with Crippen LogP contribution in [0.3, 0.4) is 0 Å². The summed E-state index contributed by atoms with van der Waals surface area (Å²) in [5.41, 5.74) is 6.95. The van der Waals surface area contributed by atoms with E-state index in [0.717, 1.165) is 17.9 Å². The molecule has 0 bridgehead atoms. The summed E-state index contributed by atoms with van der Waals surface area (Å²) in [5, 5.41) is 0. The zero-order chi connectivity index (χ0) is 13.3. The molecular weight excluding hydrogens is 268 g/mol. The van der Waals surface area contributed by atoms with E-state index in [1.807, 2.05) is 0 Å². The van der Waals surface area contributed by atoms with Gasteiger partial charge < -0.3 is 5.73 Å². The molecule has 1 saturated heterocycles. The van der Waals surface area contributed by atoms with Crippen LogP contribution in [0, 0.1) is 6.92 Å². The van der Waals surface area contributed by atoms with Gasteiger partial charge in [-0.3, -0.25) is 0 Å². The van der Waals surface area contributed by atoms with Crippen LogP contribution in [0.4, 0.5) is 5.69 Å². The first-order chi connectivity index (χ1) is 8.43. The Bertz CT molecular complexity index is 537. The highest BCUT2D eigenvalue weighted by molar-refractivity contribution is 7.99. The zero-order valence-electron chi connectivity index (χ0n) is 10.6. The third-order valence-electron chi connectivity index (χ3n) is 3.28. The molecule has 1 heterocycles. The molecule has 6 heteroatoms. The number of nitrogens with two attached hydrogens (primary N) is 1. The summed E-state index contributed by atoms with van der Waals surface area (Å²) in [6, 6.07) is 5.04. The average molecular weight is 286 g/mol. The number of thioether (sulfide) groups is 1. The molecule has 4 nitrogen and oxygen atoms in total. The van der Waals surface area contributed by atoms with Gasteiger partial charge in [0.1, 0.15) is 0 Å². The first kappa shape index (κ1) is 13.7. The monoisotopic (exact) mass is 286 g/mol. The van der Waals surface area contributed by atoms with E-state index in [0.29, 0.717) is 16.1 Å². The summed E-state index contributed by atoms with van der Waals surface area (Å²) in [6.07, 6.45) is 0.925. The van der Waals surface area contributed by atoms with E-state index in [-0.39, 0.29) is 6.04 Å². The van der Waals surface area contributed by atoms with Gasteiger partial charge in [-0.05, 0) is 42.9 Å². The number of sulfonamides is 1. The van der Waals surface area contributed by atoms with Crippen LogP contribution in [0.2, 0.25) is 0 Å². The van der Waals surface area contributed by atoms with Crippen molar-refractivity contribution in [2.75, 3.05) is 24.3 Å². The Morgan fingerprint density at radius 2 is 2.17 bits per heavy atom. The predicted octanol–water partition coefficient (Wildman–Crippen LogP) is 1.70. The van der Waals surface area contributed by atoms with Crippen LogP contribution in [-0.4, -0.2) is 37.3 Å². The highest BCUT2D eigenvalue weighted by atomic mass is 32.2. The lowest BCUT2D eigenvalue weighted by Gasteiger charge is -2.24. The first-order valence-electron chi connectivity index (χ1n) is 5.85. The summed E-state index contributed by atoms with van der Waals surface area (Å²) >= 11 is 1.80. The van der Waals surface area contributed by atoms with Gasteiger partial charge in [0.2, 0.25) is 10.0 Å². The molecule has 0 aliphatic carbocycles. The smallest absolute Gasteiger partial charge is 0.243 e. The van der Waals surface area contributed by atoms with Crippen molar-refractivity contribution >= 4 is 27.5 Å². The fourth-order valence-corrected chi connectivity index (χ4v) is 5.07. The topological polar surface area (TPSA) is 63.4 Å². The molecule has 18 heavy (non-hydrogen) atoms. The SMILES string of the molecule is Cc1cc(N)ccc1S(=O)(=O)N(C)C1CCSC1. The lowest BCUT2D eigenvalue weighted by molar-refractivity contribution is 0.394. The molecule has 0 saturated carbocycles. The Morgan fingerprint density at radius 1 is 1.44 bits per heavy atom. The van der Waals surface area contributed by atoms with Gasteiger partial charge in [-0.15, -0.1) is 0 Å². The second-order valence-electron chi connectivity index (χ2n) is 4.56. The average Bonchev–Trinajstić information content (AvgIpc) is 2.80. The third-order valence-corrected chi connectivity index (χ3v) is 6.49. The minimum absolute atomic E-state index is 0.108. The van der Waals surface area contributed by atoms with Crippen LogP contribution < -0.4 is 5.73 Å². The fourth-order valence-electron chi connectivity index (χ4n) is 2.12. The molecule has 1 aliphatic heterocycles. The molecule has 0 radical (unpaired) electrons. The van der Waals surface area contributed by atoms with E-state index in [9.17, 15) is 8.42 Å². The van der Waals surface area contributed by atoms with Crippen LogP contribution in [0.25, 0.3) is 0 Å². The number of aryl methyl sites for hydroxylation is 1. The molecule has 0 spiro atoms. The van der Waals surface area contributed by atoms with Crippen molar-refractivity contribution in [2.24, 2.45) is 0 Å². The summed E-state index contributed by atoms with van der Waals surface area (Å²) in [4.78, 5) is 0.358. The van der Waals surface area contributed by atoms with Crippen molar-refractivity contribution in [1.29, 1.82) is 0 Å². The number of rotatable bonds is 3. The van der Waals surface area contributed by atoms with E-state index in [1.54, 1.807) is 43.9 Å². The Morgan fingerprint density at radius 3 is 2.72 bits per heavy atom. The number of anilines is 1. The fraction of sp³-hybridized carbons (Fsp3) is 0.500. The Labute approximate surface area is 113 Å². The lowest BCUT2D eigenvalue weighted by atomic mass is 10.2. The molecule has 1 aromatic rings. The van der Waals surface area contributed by atoms with Crippen molar-refractivity contribution in [3.63, 3.8) is 0 Å². The molecule has 100 valence electrons. The summed E-state index contributed by atoms with van der Waals surface area (Å²) in [6.45, 7) is 1.78. The molecule has 1 aromatic carbocycles. The summed E-state index contributed by atoms with van der Waals surface area (Å²) in [5.74, 6) is 1.91. The van der Waals surface area contributed by atoms with Crippen molar-refractivity contribution in [1.82, 2.24) is 4.31 Å². The standard InChI is InChI=1S/C12H18N2O2S2/c1-9-7-10(13)3-4-12(9)18(15,16)14(2)11-5-6-17-8-11/h3-4,7,11H,5-6,8,13H2,1-2H3. The van der Waals surface area contributed by atoms with Gasteiger partial charge >= 0.3 is 0 Å². The van der Waals surface area contributed by atoms with Crippen LogP contribution in [0.1, 0.15) is 12.0 Å². The van der Waals surface area contributed by atoms with Gasteiger partial charge in [0, 0.05) is 24.5 Å². The zero-order valence-corrected chi connectivity index (χ0v) is 12.2. The van der Waals surface area contributed by atoms with Crippen LogP contribution >= 0.6 is 11.8 Å². The van der Waals surface area contributed by atoms with E-state index < -0.39 is 10.0 Å². The molecule has 2 N–H and O–H groups in total. The molecular formula is C12H18N2O2S2. The molecule has 1 aliphatic rings. The van der Waals surface area contributed by atoms with E-state index in [1.165, 1.54) is 4.31 Å². The lowest BCUT2D eigenvalue weighted by Crippen LogP contribution is -2.37. The van der Waals surface area contributed by atoms with Gasteiger partial charge in [-0.2, -0.15) is 16.1 Å². The normalized spacial score (nSPS) is 20.5. The highest BCUT2D eigenvalue weighted by Crippen LogP contribution is 2.28. The largest absolute Gasteiger partial charge is 0.399 e. The molecule has 1 atom stereocenters. The maximum absolute atomic E-state index is 12.5. The minimum Gasteiger partial charge on any atom is -0.399 e. The predicted molar refractivity (Wildman–Crippen MR) is 76.3 cm³/mol. The van der Waals surface area contributed by atoms with E-state index in [4.69, 9.17) is 5.73 Å². The van der Waals surface area contributed by atoms with Crippen molar-refractivity contribution in [3.05, 3.63) is 23.8 Å².